The minimum Gasteiger partial charge on any atom is -0.399 e. The van der Waals surface area contributed by atoms with Gasteiger partial charge < -0.3 is 15.8 Å². The number of Topliss-reactive ketones (excluding diaryl/α,β-unsaturated/α-hetero) is 1. The molecule has 1 aliphatic rings. The molecule has 0 bridgehead atoms. The van der Waals surface area contributed by atoms with Crippen LogP contribution in [0.15, 0.2) is 58.8 Å². The number of halogens is 1. The van der Waals surface area contributed by atoms with Crippen LogP contribution in [0.1, 0.15) is 5.56 Å². The predicted molar refractivity (Wildman–Crippen MR) is 129 cm³/mol. The number of hydrogen-bond acceptors (Lipinski definition) is 8. The molecule has 1 heterocycles. The molecule has 0 radical (unpaired) electrons. The molecule has 1 saturated heterocycles. The van der Waals surface area contributed by atoms with Gasteiger partial charge in [0.15, 0.2) is 5.78 Å². The molecular formula is C20H24ClN9O4. The van der Waals surface area contributed by atoms with Crippen molar-refractivity contribution < 1.29 is 19.1 Å². The Morgan fingerprint density at radius 3 is 1.91 bits per heavy atom. The standard InChI is InChI=1S/C10H12N4O.C6H6N4.C4H5NO3.ClH/c1-12-7-10(15)6-8-2-4-9(5-3-8)13-14-11;7-5-1-3-6(4-2-5)9-10-8;1-5-2-3(6)8-4(5)7;/h2-5,12H,6-7H2,1H3;1-4H,7H2;2H2,1H3;1H. The van der Waals surface area contributed by atoms with E-state index in [4.69, 9.17) is 16.8 Å². The summed E-state index contributed by atoms with van der Waals surface area (Å²) in [5.41, 5.74) is 24.3. The van der Waals surface area contributed by atoms with Gasteiger partial charge >= 0.3 is 12.1 Å². The predicted octanol–water partition coefficient (Wildman–Crippen LogP) is 4.19. The highest BCUT2D eigenvalue weighted by Crippen LogP contribution is 2.14. The van der Waals surface area contributed by atoms with Crippen LogP contribution in [0.25, 0.3) is 20.9 Å². The highest BCUT2D eigenvalue weighted by atomic mass is 35.5. The number of rotatable bonds is 6. The number of benzene rings is 2. The molecule has 14 heteroatoms. The first-order chi connectivity index (χ1) is 15.8. The van der Waals surface area contributed by atoms with E-state index < -0.39 is 12.1 Å². The minimum absolute atomic E-state index is 0. The van der Waals surface area contributed by atoms with Gasteiger partial charge in [0.05, 0.1) is 6.54 Å². The molecule has 0 saturated carbocycles. The Bertz CT molecular complexity index is 1050. The Morgan fingerprint density at radius 2 is 1.56 bits per heavy atom. The largest absolute Gasteiger partial charge is 0.417 e. The summed E-state index contributed by atoms with van der Waals surface area (Å²) in [5, 5.41) is 9.62. The van der Waals surface area contributed by atoms with Crippen molar-refractivity contribution in [3.8, 4) is 0 Å². The van der Waals surface area contributed by atoms with Crippen molar-refractivity contribution in [2.75, 3.05) is 32.9 Å². The molecule has 3 rings (SSSR count). The van der Waals surface area contributed by atoms with E-state index in [-0.39, 0.29) is 24.7 Å². The molecule has 180 valence electrons. The zero-order valence-corrected chi connectivity index (χ0v) is 19.3. The fourth-order valence-electron chi connectivity index (χ4n) is 2.28. The molecule has 1 fully saturated rings. The molecule has 34 heavy (non-hydrogen) atoms. The lowest BCUT2D eigenvalue weighted by molar-refractivity contribution is -0.132. The molecule has 2 aromatic carbocycles. The van der Waals surface area contributed by atoms with Crippen LogP contribution in [0, 0.1) is 0 Å². The van der Waals surface area contributed by atoms with Crippen LogP contribution in [0.5, 0.6) is 0 Å². The maximum absolute atomic E-state index is 11.3. The average Bonchev–Trinajstić information content (AvgIpc) is 3.07. The highest BCUT2D eigenvalue weighted by Gasteiger charge is 2.25. The number of nitrogens with one attached hydrogen (secondary N) is 1. The highest BCUT2D eigenvalue weighted by molar-refractivity contribution is 5.92. The zero-order valence-electron chi connectivity index (χ0n) is 18.5. The number of azide groups is 2. The van der Waals surface area contributed by atoms with E-state index in [1.54, 1.807) is 55.6 Å². The summed E-state index contributed by atoms with van der Waals surface area (Å²) in [6.07, 6.45) is -0.160. The fourth-order valence-corrected chi connectivity index (χ4v) is 2.28. The molecule has 0 unspecified atom stereocenters. The molecule has 2 aromatic rings. The fraction of sp³-hybridized carbons (Fsp3) is 0.250. The number of nitrogens with two attached hydrogens (primary N) is 1. The van der Waals surface area contributed by atoms with Crippen LogP contribution in [-0.2, 0) is 20.7 Å². The van der Waals surface area contributed by atoms with Gasteiger partial charge in [-0.1, -0.05) is 46.6 Å². The van der Waals surface area contributed by atoms with E-state index in [0.29, 0.717) is 30.0 Å². The summed E-state index contributed by atoms with van der Waals surface area (Å²) >= 11 is 0. The van der Waals surface area contributed by atoms with Gasteiger partial charge in [-0.15, -0.1) is 12.4 Å². The van der Waals surface area contributed by atoms with Gasteiger partial charge in [-0.25, -0.2) is 9.59 Å². The van der Waals surface area contributed by atoms with Crippen molar-refractivity contribution in [3.05, 3.63) is 75.0 Å². The van der Waals surface area contributed by atoms with Crippen LogP contribution in [-0.4, -0.2) is 49.9 Å². The second-order valence-corrected chi connectivity index (χ2v) is 6.48. The number of anilines is 1. The SMILES string of the molecule is CN1CC(=O)OC1=O.CNCC(=O)Cc1ccc(N=[N+]=[N-])cc1.Cl.[N-]=[N+]=Nc1ccc(N)cc1. The Hall–Kier alpha value is -4.28. The van der Waals surface area contributed by atoms with E-state index in [9.17, 15) is 14.4 Å². The number of nitrogens with zero attached hydrogens (tertiary/aromatic N) is 7. The maximum atomic E-state index is 11.3. The van der Waals surface area contributed by atoms with Crippen molar-refractivity contribution in [2.24, 2.45) is 10.2 Å². The molecule has 0 spiro atoms. The molecular weight excluding hydrogens is 466 g/mol. The molecule has 3 N–H and O–H groups in total. The van der Waals surface area contributed by atoms with Crippen molar-refractivity contribution in [1.29, 1.82) is 0 Å². The number of cyclic esters (lactones) is 2. The summed E-state index contributed by atoms with van der Waals surface area (Å²) in [7, 11) is 3.25. The lowest BCUT2D eigenvalue weighted by Crippen LogP contribution is -2.20. The molecule has 1 amide bonds. The maximum Gasteiger partial charge on any atom is 0.417 e. The van der Waals surface area contributed by atoms with Gasteiger partial charge in [-0.05, 0) is 35.8 Å². The Kier molecular flexibility index (Phi) is 14.3. The Balaban J connectivity index is 0.000000500. The monoisotopic (exact) mass is 489 g/mol. The van der Waals surface area contributed by atoms with E-state index in [1.165, 1.54) is 11.9 Å². The van der Waals surface area contributed by atoms with Gasteiger partial charge in [0.25, 0.3) is 0 Å². The number of ketones is 1. The average molecular weight is 490 g/mol. The second kappa shape index (κ2) is 16.4. The summed E-state index contributed by atoms with van der Waals surface area (Å²) in [6.45, 7) is 0.455. The normalized spacial score (nSPS) is 11.2. The summed E-state index contributed by atoms with van der Waals surface area (Å²) in [5.74, 6) is -0.341. The number of ether oxygens (including phenoxy) is 1. The van der Waals surface area contributed by atoms with Crippen LogP contribution in [0.4, 0.5) is 21.9 Å². The topological polar surface area (TPSA) is 199 Å². The Morgan fingerprint density at radius 1 is 1.06 bits per heavy atom. The number of likely N-dealkylation sites (N-methyl/N-ethyl adjacent to an activating group) is 2. The Labute approximate surface area is 201 Å². The zero-order chi connectivity index (χ0) is 24.6. The van der Waals surface area contributed by atoms with Crippen molar-refractivity contribution in [2.45, 2.75) is 6.42 Å². The van der Waals surface area contributed by atoms with E-state index in [2.05, 4.69) is 30.1 Å². The number of hydrogen-bond donors (Lipinski definition) is 2. The van der Waals surface area contributed by atoms with E-state index in [0.717, 1.165) is 5.56 Å². The minimum atomic E-state index is -0.560. The first kappa shape index (κ1) is 29.7. The third-order valence-corrected chi connectivity index (χ3v) is 3.80. The van der Waals surface area contributed by atoms with Gasteiger partial charge in [0.2, 0.25) is 0 Å². The molecule has 0 aliphatic carbocycles. The van der Waals surface area contributed by atoms with Gasteiger partial charge in [-0.2, -0.15) is 0 Å². The molecule has 1 aliphatic heterocycles. The molecule has 0 atom stereocenters. The number of nitrogen functional groups attached to an aromatic ring is 1. The van der Waals surface area contributed by atoms with Crippen molar-refractivity contribution in [1.82, 2.24) is 10.2 Å². The van der Waals surface area contributed by atoms with Crippen molar-refractivity contribution >= 4 is 47.3 Å². The van der Waals surface area contributed by atoms with Crippen LogP contribution < -0.4 is 11.1 Å². The lowest BCUT2D eigenvalue weighted by atomic mass is 10.1. The first-order valence-electron chi connectivity index (χ1n) is 9.45. The summed E-state index contributed by atoms with van der Waals surface area (Å²) in [6, 6.07) is 13.7. The van der Waals surface area contributed by atoms with Gasteiger partial charge in [-0.3, -0.25) is 9.69 Å². The number of carbonyl (C=O) groups is 3. The van der Waals surface area contributed by atoms with Gasteiger partial charge in [0, 0.05) is 40.4 Å². The van der Waals surface area contributed by atoms with E-state index in [1.807, 2.05) is 0 Å². The van der Waals surface area contributed by atoms with Crippen molar-refractivity contribution in [3.63, 3.8) is 0 Å². The number of carbonyl (C=O) groups excluding carboxylic acids is 3. The first-order valence-corrected chi connectivity index (χ1v) is 9.45. The lowest BCUT2D eigenvalue weighted by Gasteiger charge is -2.00. The third-order valence-electron chi connectivity index (χ3n) is 3.80. The molecule has 0 aromatic heterocycles. The molecule has 13 nitrogen and oxygen atoms in total. The van der Waals surface area contributed by atoms with E-state index >= 15 is 0 Å². The summed E-state index contributed by atoms with van der Waals surface area (Å²) < 4.78 is 4.12. The second-order valence-electron chi connectivity index (χ2n) is 6.48. The smallest absolute Gasteiger partial charge is 0.399 e. The quantitative estimate of drug-likeness (QED) is 0.152. The summed E-state index contributed by atoms with van der Waals surface area (Å²) in [4.78, 5) is 38.2. The van der Waals surface area contributed by atoms with Crippen LogP contribution in [0.2, 0.25) is 0 Å². The van der Waals surface area contributed by atoms with Crippen LogP contribution >= 0.6 is 12.4 Å². The third kappa shape index (κ3) is 11.9. The van der Waals surface area contributed by atoms with Crippen LogP contribution in [0.3, 0.4) is 0 Å². The number of amides is 1. The van der Waals surface area contributed by atoms with Gasteiger partial charge in [0.1, 0.15) is 6.54 Å². The number of esters is 1.